The van der Waals surface area contributed by atoms with Gasteiger partial charge >= 0.3 is 5.97 Å². The van der Waals surface area contributed by atoms with E-state index in [9.17, 15) is 14.4 Å². The lowest BCUT2D eigenvalue weighted by molar-refractivity contribution is -0.114. The number of nitrogens with one attached hydrogen (secondary N) is 1. The summed E-state index contributed by atoms with van der Waals surface area (Å²) in [6, 6.07) is 8.67. The number of Topliss-reactive ketones (excluding diaryl/α,β-unsaturated/α-hetero) is 1. The lowest BCUT2D eigenvalue weighted by Crippen LogP contribution is -2.25. The molecule has 1 heterocycles. The maximum Gasteiger partial charge on any atom is 0.342 e. The van der Waals surface area contributed by atoms with E-state index in [0.29, 0.717) is 16.1 Å². The van der Waals surface area contributed by atoms with E-state index in [-0.39, 0.29) is 11.7 Å². The average molecular weight is 345 g/mol. The van der Waals surface area contributed by atoms with E-state index in [1.165, 1.54) is 18.3 Å². The van der Waals surface area contributed by atoms with Gasteiger partial charge in [0.15, 0.2) is 6.10 Å². The van der Waals surface area contributed by atoms with Crippen LogP contribution in [0.3, 0.4) is 0 Å². The first kappa shape index (κ1) is 17.9. The van der Waals surface area contributed by atoms with Gasteiger partial charge in [-0.05, 0) is 26.3 Å². The number of anilines is 1. The fourth-order valence-corrected chi connectivity index (χ4v) is 3.33. The number of amides is 1. The van der Waals surface area contributed by atoms with E-state index < -0.39 is 12.1 Å². The van der Waals surface area contributed by atoms with Gasteiger partial charge in [-0.1, -0.05) is 30.3 Å². The summed E-state index contributed by atoms with van der Waals surface area (Å²) in [5.41, 5.74) is 1.53. The Morgan fingerprint density at radius 1 is 1.12 bits per heavy atom. The van der Waals surface area contributed by atoms with E-state index in [0.717, 1.165) is 10.4 Å². The predicted octanol–water partition coefficient (Wildman–Crippen LogP) is 3.75. The highest BCUT2D eigenvalue weighted by Crippen LogP contribution is 2.33. The van der Waals surface area contributed by atoms with Gasteiger partial charge in [-0.15, -0.1) is 11.3 Å². The SMILES string of the molecule is CC(=O)Nc1sc(C)c(C)c1C(=O)OC(C)C(=O)c1ccccc1. The fourth-order valence-electron chi connectivity index (χ4n) is 2.23. The van der Waals surface area contributed by atoms with Gasteiger partial charge in [0.25, 0.3) is 0 Å². The number of ether oxygens (including phenoxy) is 1. The zero-order valence-corrected chi connectivity index (χ0v) is 14.8. The predicted molar refractivity (Wildman–Crippen MR) is 93.7 cm³/mol. The Bertz CT molecular complexity index is 780. The molecule has 0 aliphatic heterocycles. The molecule has 2 rings (SSSR count). The summed E-state index contributed by atoms with van der Waals surface area (Å²) in [6.07, 6.45) is -0.912. The Morgan fingerprint density at radius 2 is 1.75 bits per heavy atom. The van der Waals surface area contributed by atoms with Gasteiger partial charge in [-0.25, -0.2) is 4.79 Å². The fraction of sp³-hybridized carbons (Fsp3) is 0.278. The van der Waals surface area contributed by atoms with Crippen LogP contribution in [-0.2, 0) is 9.53 Å². The second-order valence-corrected chi connectivity index (χ2v) is 6.67. The molecule has 1 amide bonds. The maximum atomic E-state index is 12.5. The highest BCUT2D eigenvalue weighted by molar-refractivity contribution is 7.16. The second-order valence-electron chi connectivity index (χ2n) is 5.45. The van der Waals surface area contributed by atoms with Crippen molar-refractivity contribution in [3.05, 3.63) is 51.9 Å². The zero-order chi connectivity index (χ0) is 17.9. The second kappa shape index (κ2) is 7.40. The molecule has 126 valence electrons. The summed E-state index contributed by atoms with van der Waals surface area (Å²) >= 11 is 1.31. The highest BCUT2D eigenvalue weighted by atomic mass is 32.1. The Kier molecular flexibility index (Phi) is 5.51. The Balaban J connectivity index is 2.20. The van der Waals surface area contributed by atoms with Crippen LogP contribution < -0.4 is 5.32 Å². The smallest absolute Gasteiger partial charge is 0.342 e. The molecule has 24 heavy (non-hydrogen) atoms. The minimum atomic E-state index is -0.912. The number of carbonyl (C=O) groups excluding carboxylic acids is 3. The molecule has 0 radical (unpaired) electrons. The molecule has 2 aromatic rings. The van der Waals surface area contributed by atoms with E-state index >= 15 is 0 Å². The normalized spacial score (nSPS) is 11.7. The van der Waals surface area contributed by atoms with E-state index in [2.05, 4.69) is 5.32 Å². The minimum Gasteiger partial charge on any atom is -0.451 e. The molecule has 5 nitrogen and oxygen atoms in total. The van der Waals surface area contributed by atoms with E-state index in [1.54, 1.807) is 38.1 Å². The third-order valence-electron chi connectivity index (χ3n) is 3.59. The number of aryl methyl sites for hydroxylation is 1. The van der Waals surface area contributed by atoms with Crippen LogP contribution >= 0.6 is 11.3 Å². The number of hydrogen-bond donors (Lipinski definition) is 1. The molecule has 0 aliphatic rings. The first-order valence-corrected chi connectivity index (χ1v) is 8.30. The quantitative estimate of drug-likeness (QED) is 0.662. The number of hydrogen-bond acceptors (Lipinski definition) is 5. The van der Waals surface area contributed by atoms with E-state index in [4.69, 9.17) is 4.74 Å². The van der Waals surface area contributed by atoms with Crippen LogP contribution in [0.2, 0.25) is 0 Å². The van der Waals surface area contributed by atoms with Gasteiger partial charge in [-0.3, -0.25) is 9.59 Å². The molecule has 1 unspecified atom stereocenters. The third-order valence-corrected chi connectivity index (χ3v) is 4.71. The van der Waals surface area contributed by atoms with Crippen molar-refractivity contribution in [2.45, 2.75) is 33.8 Å². The molecule has 0 bridgehead atoms. The van der Waals surface area contributed by atoms with Crippen molar-refractivity contribution < 1.29 is 19.1 Å². The van der Waals surface area contributed by atoms with Crippen molar-refractivity contribution in [2.75, 3.05) is 5.32 Å². The van der Waals surface area contributed by atoms with Crippen molar-refractivity contribution in [3.63, 3.8) is 0 Å². The van der Waals surface area contributed by atoms with Crippen LogP contribution in [0.1, 0.15) is 45.0 Å². The molecule has 6 heteroatoms. The largest absolute Gasteiger partial charge is 0.451 e. The Labute approximate surface area is 144 Å². The molecular weight excluding hydrogens is 326 g/mol. The Morgan fingerprint density at radius 3 is 2.33 bits per heavy atom. The van der Waals surface area contributed by atoms with Crippen molar-refractivity contribution in [1.82, 2.24) is 0 Å². The van der Waals surface area contributed by atoms with E-state index in [1.807, 2.05) is 13.0 Å². The van der Waals surface area contributed by atoms with Crippen LogP contribution in [-0.4, -0.2) is 23.8 Å². The standard InChI is InChI=1S/C18H19NO4S/c1-10-12(3)24-17(19-13(4)20)15(10)18(22)23-11(2)16(21)14-8-6-5-7-9-14/h5-9,11H,1-4H3,(H,19,20). The minimum absolute atomic E-state index is 0.265. The van der Waals surface area contributed by atoms with Crippen molar-refractivity contribution in [1.29, 1.82) is 0 Å². The molecule has 0 aliphatic carbocycles. The zero-order valence-electron chi connectivity index (χ0n) is 14.0. The molecule has 1 aromatic heterocycles. The van der Waals surface area contributed by atoms with Gasteiger partial charge < -0.3 is 10.1 Å². The van der Waals surface area contributed by atoms with Crippen LogP contribution in [0, 0.1) is 13.8 Å². The first-order chi connectivity index (χ1) is 11.3. The van der Waals surface area contributed by atoms with Gasteiger partial charge in [0.1, 0.15) is 5.00 Å². The van der Waals surface area contributed by atoms with Crippen molar-refractivity contribution in [3.8, 4) is 0 Å². The molecule has 0 fully saturated rings. The highest BCUT2D eigenvalue weighted by Gasteiger charge is 2.26. The van der Waals surface area contributed by atoms with Crippen molar-refractivity contribution in [2.24, 2.45) is 0 Å². The van der Waals surface area contributed by atoms with Gasteiger partial charge in [0.05, 0.1) is 5.56 Å². The summed E-state index contributed by atoms with van der Waals surface area (Å²) in [5, 5.41) is 3.09. The molecule has 1 atom stereocenters. The number of benzene rings is 1. The van der Waals surface area contributed by atoms with Gasteiger partial charge in [0.2, 0.25) is 11.7 Å². The molecule has 0 spiro atoms. The van der Waals surface area contributed by atoms with Gasteiger partial charge in [-0.2, -0.15) is 0 Å². The molecular formula is C18H19NO4S. The number of thiophene rings is 1. The van der Waals surface area contributed by atoms with Gasteiger partial charge in [0, 0.05) is 17.4 Å². The molecule has 1 aromatic carbocycles. The summed E-state index contributed by atoms with van der Waals surface area (Å²) in [4.78, 5) is 37.1. The summed E-state index contributed by atoms with van der Waals surface area (Å²) < 4.78 is 5.34. The lowest BCUT2D eigenvalue weighted by Gasteiger charge is -2.13. The van der Waals surface area contributed by atoms with Crippen LogP contribution in [0.15, 0.2) is 30.3 Å². The topological polar surface area (TPSA) is 72.5 Å². The summed E-state index contributed by atoms with van der Waals surface area (Å²) in [7, 11) is 0. The number of esters is 1. The maximum absolute atomic E-state index is 12.5. The molecule has 0 saturated carbocycles. The summed E-state index contributed by atoms with van der Waals surface area (Å²) in [5.74, 6) is -1.15. The Hall–Kier alpha value is -2.47. The third kappa shape index (κ3) is 3.89. The lowest BCUT2D eigenvalue weighted by atomic mass is 10.1. The molecule has 0 saturated heterocycles. The number of carbonyl (C=O) groups is 3. The monoisotopic (exact) mass is 345 g/mol. The van der Waals surface area contributed by atoms with Crippen LogP contribution in [0.25, 0.3) is 0 Å². The summed E-state index contributed by atoms with van der Waals surface area (Å²) in [6.45, 7) is 6.57. The number of ketones is 1. The van der Waals surface area contributed by atoms with Crippen molar-refractivity contribution >= 4 is 34.0 Å². The average Bonchev–Trinajstić information content (AvgIpc) is 2.80. The molecule has 1 N–H and O–H groups in total. The first-order valence-electron chi connectivity index (χ1n) is 7.49. The van der Waals surface area contributed by atoms with Crippen LogP contribution in [0.5, 0.6) is 0 Å². The van der Waals surface area contributed by atoms with Crippen LogP contribution in [0.4, 0.5) is 5.00 Å². The number of rotatable bonds is 5.